The molecule has 192 valence electrons. The molecule has 0 fully saturated rings. The van der Waals surface area contributed by atoms with Gasteiger partial charge in [-0.3, -0.25) is 14.0 Å². The van der Waals surface area contributed by atoms with Crippen molar-refractivity contribution in [3.8, 4) is 0 Å². The first kappa shape index (κ1) is 26.7. The van der Waals surface area contributed by atoms with Gasteiger partial charge in [0.25, 0.3) is 20.2 Å². The SMILES string of the molecule is CCN(Cc1cccc(S(=O)(=O)O)c1)C(c1ccccc1)(c1ccccc1)c1ccccc1S(=O)(=O)O. The van der Waals surface area contributed by atoms with Crippen molar-refractivity contribution in [2.75, 3.05) is 6.54 Å². The van der Waals surface area contributed by atoms with E-state index in [4.69, 9.17) is 0 Å². The van der Waals surface area contributed by atoms with Crippen molar-refractivity contribution >= 4 is 20.2 Å². The van der Waals surface area contributed by atoms with E-state index < -0.39 is 25.8 Å². The van der Waals surface area contributed by atoms with Crippen molar-refractivity contribution in [3.63, 3.8) is 0 Å². The molecule has 0 radical (unpaired) electrons. The van der Waals surface area contributed by atoms with Gasteiger partial charge in [0, 0.05) is 12.1 Å². The van der Waals surface area contributed by atoms with Crippen molar-refractivity contribution < 1.29 is 25.9 Å². The van der Waals surface area contributed by atoms with Crippen molar-refractivity contribution in [1.29, 1.82) is 0 Å². The second-order valence-corrected chi connectivity index (χ2v) is 11.4. The average Bonchev–Trinajstić information content (AvgIpc) is 2.89. The molecule has 0 amide bonds. The van der Waals surface area contributed by atoms with Crippen LogP contribution in [-0.2, 0) is 32.3 Å². The molecule has 0 atom stereocenters. The summed E-state index contributed by atoms with van der Waals surface area (Å²) in [7, 11) is -9.03. The number of hydrogen-bond donors (Lipinski definition) is 2. The van der Waals surface area contributed by atoms with Gasteiger partial charge in [0.15, 0.2) is 0 Å². The predicted molar refractivity (Wildman–Crippen MR) is 141 cm³/mol. The highest BCUT2D eigenvalue weighted by molar-refractivity contribution is 7.86. The Morgan fingerprint density at radius 2 is 1.22 bits per heavy atom. The summed E-state index contributed by atoms with van der Waals surface area (Å²) in [6, 6.07) is 31.0. The minimum absolute atomic E-state index is 0.198. The topological polar surface area (TPSA) is 112 Å². The zero-order chi connectivity index (χ0) is 26.7. The molecule has 0 saturated heterocycles. The van der Waals surface area contributed by atoms with E-state index in [9.17, 15) is 25.9 Å². The fourth-order valence-electron chi connectivity index (χ4n) is 4.85. The van der Waals surface area contributed by atoms with Gasteiger partial charge in [0.1, 0.15) is 0 Å². The van der Waals surface area contributed by atoms with E-state index in [1.54, 1.807) is 30.3 Å². The van der Waals surface area contributed by atoms with Gasteiger partial charge in [-0.15, -0.1) is 0 Å². The van der Waals surface area contributed by atoms with Gasteiger partial charge in [-0.05, 0) is 41.4 Å². The molecule has 4 aromatic rings. The van der Waals surface area contributed by atoms with Gasteiger partial charge in [-0.25, -0.2) is 0 Å². The van der Waals surface area contributed by atoms with Crippen LogP contribution in [0.4, 0.5) is 0 Å². The Morgan fingerprint density at radius 3 is 1.73 bits per heavy atom. The standard InChI is InChI=1S/C28H27NO6S2/c1-2-29(21-22-12-11-17-25(20-22)36(30,31)32)28(23-13-5-3-6-14-23,24-15-7-4-8-16-24)26-18-9-10-19-27(26)37(33,34)35/h3-20H,2,21H2,1H3,(H,30,31,32)(H,33,34,35). The van der Waals surface area contributed by atoms with Crippen LogP contribution < -0.4 is 0 Å². The summed E-state index contributed by atoms with van der Waals surface area (Å²) >= 11 is 0. The van der Waals surface area contributed by atoms with Crippen LogP contribution in [0.3, 0.4) is 0 Å². The Bertz CT molecular complexity index is 1550. The lowest BCUT2D eigenvalue weighted by Crippen LogP contribution is -2.48. The molecule has 0 heterocycles. The molecular formula is C28H27NO6S2. The fourth-order valence-corrected chi connectivity index (χ4v) is 6.15. The maximum Gasteiger partial charge on any atom is 0.294 e. The van der Waals surface area contributed by atoms with Crippen molar-refractivity contribution in [2.45, 2.75) is 28.8 Å². The number of hydrogen-bond acceptors (Lipinski definition) is 5. The van der Waals surface area contributed by atoms with Crippen molar-refractivity contribution in [1.82, 2.24) is 4.90 Å². The lowest BCUT2D eigenvalue weighted by Gasteiger charge is -2.46. The highest BCUT2D eigenvalue weighted by Gasteiger charge is 2.44. The lowest BCUT2D eigenvalue weighted by molar-refractivity contribution is 0.153. The summed E-state index contributed by atoms with van der Waals surface area (Å²) in [5.41, 5.74) is 1.26. The molecule has 0 aliphatic rings. The van der Waals surface area contributed by atoms with Crippen LogP contribution in [0, 0.1) is 0 Å². The molecular weight excluding hydrogens is 510 g/mol. The van der Waals surface area contributed by atoms with Gasteiger partial charge < -0.3 is 0 Å². The molecule has 0 aromatic heterocycles. The van der Waals surface area contributed by atoms with Gasteiger partial charge in [-0.2, -0.15) is 16.8 Å². The molecule has 37 heavy (non-hydrogen) atoms. The van der Waals surface area contributed by atoms with E-state index >= 15 is 0 Å². The van der Waals surface area contributed by atoms with Gasteiger partial charge >= 0.3 is 0 Å². The van der Waals surface area contributed by atoms with E-state index in [0.717, 1.165) is 11.1 Å². The summed E-state index contributed by atoms with van der Waals surface area (Å²) < 4.78 is 68.7. The van der Waals surface area contributed by atoms with Crippen LogP contribution in [-0.4, -0.2) is 37.4 Å². The molecule has 0 bridgehead atoms. The third-order valence-electron chi connectivity index (χ3n) is 6.36. The Morgan fingerprint density at radius 1 is 0.676 bits per heavy atom. The number of benzene rings is 4. The smallest absolute Gasteiger partial charge is 0.282 e. The maximum atomic E-state index is 12.6. The third kappa shape index (κ3) is 5.36. The van der Waals surface area contributed by atoms with Gasteiger partial charge in [0.2, 0.25) is 0 Å². The first-order valence-electron chi connectivity index (χ1n) is 11.6. The minimum Gasteiger partial charge on any atom is -0.282 e. The number of nitrogens with zero attached hydrogens (tertiary/aromatic N) is 1. The first-order valence-corrected chi connectivity index (χ1v) is 14.5. The second-order valence-electron chi connectivity index (χ2n) is 8.55. The highest BCUT2D eigenvalue weighted by Crippen LogP contribution is 2.45. The van der Waals surface area contributed by atoms with Crippen molar-refractivity contribution in [2.24, 2.45) is 0 Å². The molecule has 0 spiro atoms. The summed E-state index contributed by atoms with van der Waals surface area (Å²) in [6.45, 7) is 2.53. The summed E-state index contributed by atoms with van der Waals surface area (Å²) in [5, 5.41) is 0. The lowest BCUT2D eigenvalue weighted by atomic mass is 9.75. The Hall–Kier alpha value is -3.34. The van der Waals surface area contributed by atoms with Crippen LogP contribution in [0.15, 0.2) is 119 Å². The summed E-state index contributed by atoms with van der Waals surface area (Å²) in [6.07, 6.45) is 0. The first-order chi connectivity index (χ1) is 17.6. The zero-order valence-corrected chi connectivity index (χ0v) is 21.7. The molecule has 2 N–H and O–H groups in total. The Labute approximate surface area is 217 Å². The van der Waals surface area contributed by atoms with E-state index in [1.807, 2.05) is 72.5 Å². The molecule has 4 rings (SSSR count). The molecule has 7 nitrogen and oxygen atoms in total. The largest absolute Gasteiger partial charge is 0.294 e. The molecule has 9 heteroatoms. The van der Waals surface area contributed by atoms with E-state index in [0.29, 0.717) is 17.7 Å². The van der Waals surface area contributed by atoms with Crippen molar-refractivity contribution in [3.05, 3.63) is 131 Å². The molecule has 0 unspecified atom stereocenters. The van der Waals surface area contributed by atoms with Gasteiger partial charge in [0.05, 0.1) is 15.3 Å². The van der Waals surface area contributed by atoms with Gasteiger partial charge in [-0.1, -0.05) is 97.9 Å². The quantitative estimate of drug-likeness (QED) is 0.228. The van der Waals surface area contributed by atoms with Crippen LogP contribution in [0.1, 0.15) is 29.2 Å². The molecule has 4 aromatic carbocycles. The zero-order valence-electron chi connectivity index (χ0n) is 20.1. The highest BCUT2D eigenvalue weighted by atomic mass is 32.2. The van der Waals surface area contributed by atoms with Crippen LogP contribution in [0.25, 0.3) is 0 Å². The van der Waals surface area contributed by atoms with E-state index in [-0.39, 0.29) is 16.3 Å². The predicted octanol–water partition coefficient (Wildman–Crippen LogP) is 4.99. The maximum absolute atomic E-state index is 12.6. The van der Waals surface area contributed by atoms with Crippen LogP contribution >= 0.6 is 0 Å². The number of rotatable bonds is 9. The Kier molecular flexibility index (Phi) is 7.63. The van der Waals surface area contributed by atoms with E-state index in [2.05, 4.69) is 0 Å². The average molecular weight is 538 g/mol. The Balaban J connectivity index is 2.08. The fraction of sp³-hybridized carbons (Fsp3) is 0.143. The second kappa shape index (κ2) is 10.6. The molecule has 0 aliphatic heterocycles. The molecule has 0 saturated carbocycles. The van der Waals surface area contributed by atoms with Crippen LogP contribution in [0.2, 0.25) is 0 Å². The normalized spacial score (nSPS) is 12.5. The van der Waals surface area contributed by atoms with E-state index in [1.165, 1.54) is 18.2 Å². The monoisotopic (exact) mass is 537 g/mol. The summed E-state index contributed by atoms with van der Waals surface area (Å²) in [5.74, 6) is 0. The molecule has 0 aliphatic carbocycles. The third-order valence-corrected chi connectivity index (χ3v) is 8.13. The minimum atomic E-state index is -4.61. The van der Waals surface area contributed by atoms with Crippen LogP contribution in [0.5, 0.6) is 0 Å². The summed E-state index contributed by atoms with van der Waals surface area (Å²) in [4.78, 5) is 1.56.